The van der Waals surface area contributed by atoms with Gasteiger partial charge < -0.3 is 20.0 Å². The van der Waals surface area contributed by atoms with Crippen molar-refractivity contribution in [2.45, 2.75) is 39.2 Å². The molecule has 0 aliphatic carbocycles. The van der Waals surface area contributed by atoms with Crippen LogP contribution in [0.3, 0.4) is 0 Å². The smallest absolute Gasteiger partial charge is 0.213 e. The average Bonchev–Trinajstić information content (AvgIpc) is 3.25. The third-order valence-corrected chi connectivity index (χ3v) is 4.29. The molecule has 3 N–H and O–H groups in total. The lowest BCUT2D eigenvalue weighted by atomic mass is 9.94. The van der Waals surface area contributed by atoms with E-state index in [1.165, 1.54) is 16.5 Å². The van der Waals surface area contributed by atoms with Gasteiger partial charge in [-0.15, -0.1) is 24.0 Å². The number of nitrogens with zero attached hydrogens (tertiary/aromatic N) is 2. The highest BCUT2D eigenvalue weighted by molar-refractivity contribution is 14.0. The maximum absolute atomic E-state index is 5.79. The molecule has 3 rings (SSSR count). The number of aromatic amines is 1. The molecule has 0 aliphatic heterocycles. The first-order valence-electron chi connectivity index (χ1n) is 8.92. The third kappa shape index (κ3) is 5.47. The van der Waals surface area contributed by atoms with Gasteiger partial charge in [-0.2, -0.15) is 0 Å². The molecule has 0 saturated carbocycles. The molecular formula is C20H28IN5O. The highest BCUT2D eigenvalue weighted by Gasteiger charge is 2.19. The summed E-state index contributed by atoms with van der Waals surface area (Å²) in [7, 11) is 1.76. The molecule has 2 aromatic heterocycles. The summed E-state index contributed by atoms with van der Waals surface area (Å²) in [5, 5.41) is 7.85. The van der Waals surface area contributed by atoms with Gasteiger partial charge in [0, 0.05) is 36.1 Å². The number of para-hydroxylation sites is 1. The van der Waals surface area contributed by atoms with Crippen molar-refractivity contribution in [1.29, 1.82) is 0 Å². The predicted octanol–water partition coefficient (Wildman–Crippen LogP) is 3.98. The first-order valence-corrected chi connectivity index (χ1v) is 8.92. The van der Waals surface area contributed by atoms with Crippen molar-refractivity contribution in [2.75, 3.05) is 13.6 Å². The van der Waals surface area contributed by atoms with Crippen molar-refractivity contribution in [2.24, 2.45) is 4.99 Å². The van der Waals surface area contributed by atoms with Crippen molar-refractivity contribution in [3.63, 3.8) is 0 Å². The number of fused-ring (bicyclic) bond motifs is 1. The molecule has 0 radical (unpaired) electrons. The average molecular weight is 481 g/mol. The Labute approximate surface area is 177 Å². The molecule has 0 aliphatic rings. The van der Waals surface area contributed by atoms with E-state index in [0.29, 0.717) is 12.4 Å². The lowest BCUT2D eigenvalue weighted by Gasteiger charge is -2.13. The minimum Gasteiger partial charge on any atom is -0.443 e. The minimum atomic E-state index is -0.0372. The summed E-state index contributed by atoms with van der Waals surface area (Å²) in [5.74, 6) is 2.28. The fourth-order valence-electron chi connectivity index (χ4n) is 2.77. The fourth-order valence-corrected chi connectivity index (χ4v) is 2.77. The second-order valence-electron chi connectivity index (χ2n) is 7.33. The Bertz CT molecular complexity index is 891. The zero-order valence-corrected chi connectivity index (χ0v) is 18.6. The second-order valence-corrected chi connectivity index (χ2v) is 7.33. The van der Waals surface area contributed by atoms with E-state index in [1.807, 2.05) is 6.07 Å². The molecule has 7 heteroatoms. The minimum absolute atomic E-state index is 0. The van der Waals surface area contributed by atoms with Crippen LogP contribution in [0.25, 0.3) is 10.9 Å². The number of nitrogens with one attached hydrogen (secondary N) is 3. The van der Waals surface area contributed by atoms with Crippen molar-refractivity contribution in [3.05, 3.63) is 53.9 Å². The summed E-state index contributed by atoms with van der Waals surface area (Å²) < 4.78 is 5.79. The molecular weight excluding hydrogens is 453 g/mol. The van der Waals surface area contributed by atoms with Gasteiger partial charge in [0.1, 0.15) is 5.76 Å². The van der Waals surface area contributed by atoms with E-state index in [9.17, 15) is 0 Å². The monoisotopic (exact) mass is 481 g/mol. The molecule has 27 heavy (non-hydrogen) atoms. The highest BCUT2D eigenvalue weighted by Crippen LogP contribution is 2.22. The number of guanidine groups is 1. The SMILES string of the molecule is CN=C(NCCc1c[nH]c2ccccc12)NCc1ncc(C(C)(C)C)o1.I. The first-order chi connectivity index (χ1) is 12.5. The molecule has 0 atom stereocenters. The van der Waals surface area contributed by atoms with Gasteiger partial charge in [0.25, 0.3) is 0 Å². The zero-order chi connectivity index (χ0) is 18.6. The Morgan fingerprint density at radius 3 is 2.70 bits per heavy atom. The van der Waals surface area contributed by atoms with Crippen LogP contribution < -0.4 is 10.6 Å². The van der Waals surface area contributed by atoms with Crippen LogP contribution in [0, 0.1) is 0 Å². The van der Waals surface area contributed by atoms with E-state index >= 15 is 0 Å². The highest BCUT2D eigenvalue weighted by atomic mass is 127. The van der Waals surface area contributed by atoms with Gasteiger partial charge in [0.15, 0.2) is 5.96 Å². The van der Waals surface area contributed by atoms with Gasteiger partial charge in [0.05, 0.1) is 12.7 Å². The van der Waals surface area contributed by atoms with Gasteiger partial charge in [-0.25, -0.2) is 4.98 Å². The van der Waals surface area contributed by atoms with Crippen LogP contribution in [0.2, 0.25) is 0 Å². The number of H-pyrrole nitrogens is 1. The summed E-state index contributed by atoms with van der Waals surface area (Å²) in [6.45, 7) is 7.62. The Kier molecular flexibility index (Phi) is 7.29. The molecule has 0 fully saturated rings. The van der Waals surface area contributed by atoms with Crippen molar-refractivity contribution >= 4 is 40.8 Å². The van der Waals surface area contributed by atoms with Gasteiger partial charge in [-0.1, -0.05) is 39.0 Å². The first kappa shape index (κ1) is 21.3. The Hall–Kier alpha value is -2.03. The van der Waals surface area contributed by atoms with Crippen LogP contribution >= 0.6 is 24.0 Å². The summed E-state index contributed by atoms with van der Waals surface area (Å²) in [5.41, 5.74) is 2.43. The summed E-state index contributed by atoms with van der Waals surface area (Å²) in [6, 6.07) is 8.34. The molecule has 1 aromatic carbocycles. The van der Waals surface area contributed by atoms with E-state index < -0.39 is 0 Å². The zero-order valence-electron chi connectivity index (χ0n) is 16.3. The van der Waals surface area contributed by atoms with Crippen LogP contribution in [0.5, 0.6) is 0 Å². The molecule has 0 amide bonds. The van der Waals surface area contributed by atoms with E-state index in [2.05, 4.69) is 70.8 Å². The van der Waals surface area contributed by atoms with E-state index in [-0.39, 0.29) is 29.4 Å². The van der Waals surface area contributed by atoms with Crippen LogP contribution in [-0.4, -0.2) is 29.5 Å². The van der Waals surface area contributed by atoms with Crippen LogP contribution in [0.4, 0.5) is 0 Å². The number of hydrogen-bond donors (Lipinski definition) is 3. The van der Waals surface area contributed by atoms with Crippen LogP contribution in [0.1, 0.15) is 38.0 Å². The number of benzene rings is 1. The molecule has 6 nitrogen and oxygen atoms in total. The van der Waals surface area contributed by atoms with Crippen LogP contribution in [-0.2, 0) is 18.4 Å². The number of oxazole rings is 1. The molecule has 3 aromatic rings. The maximum atomic E-state index is 5.79. The molecule has 0 unspecified atom stereocenters. The van der Waals surface area contributed by atoms with Gasteiger partial charge in [0.2, 0.25) is 5.89 Å². The van der Waals surface area contributed by atoms with Crippen LogP contribution in [0.15, 0.2) is 46.1 Å². The van der Waals surface area contributed by atoms with Crippen molar-refractivity contribution in [1.82, 2.24) is 20.6 Å². The third-order valence-electron chi connectivity index (χ3n) is 4.29. The lowest BCUT2D eigenvalue weighted by Crippen LogP contribution is -2.37. The fraction of sp³-hybridized carbons (Fsp3) is 0.400. The molecule has 0 saturated heterocycles. The maximum Gasteiger partial charge on any atom is 0.213 e. The number of rotatable bonds is 5. The Balaban J connectivity index is 0.00000261. The molecule has 0 spiro atoms. The summed E-state index contributed by atoms with van der Waals surface area (Å²) in [4.78, 5) is 11.9. The Morgan fingerprint density at radius 2 is 2.00 bits per heavy atom. The topological polar surface area (TPSA) is 78.2 Å². The molecule has 0 bridgehead atoms. The van der Waals surface area contributed by atoms with Crippen molar-refractivity contribution < 1.29 is 4.42 Å². The number of hydrogen-bond acceptors (Lipinski definition) is 3. The molecule has 2 heterocycles. The molecule has 146 valence electrons. The van der Waals surface area contributed by atoms with E-state index in [1.54, 1.807) is 13.2 Å². The quantitative estimate of drug-likeness (QED) is 0.293. The number of aromatic nitrogens is 2. The largest absolute Gasteiger partial charge is 0.443 e. The van der Waals surface area contributed by atoms with Gasteiger partial charge in [-0.3, -0.25) is 4.99 Å². The lowest BCUT2D eigenvalue weighted by molar-refractivity contribution is 0.379. The van der Waals surface area contributed by atoms with E-state index in [0.717, 1.165) is 24.7 Å². The Morgan fingerprint density at radius 1 is 1.22 bits per heavy atom. The predicted molar refractivity (Wildman–Crippen MR) is 121 cm³/mol. The number of aliphatic imine (C=N–C) groups is 1. The normalized spacial score (nSPS) is 12.1. The standard InChI is InChI=1S/C20H27N5O.HI/c1-20(2,3)17-12-24-18(26-17)13-25-19(21-4)22-10-9-14-11-23-16-8-6-5-7-15(14)16;/h5-8,11-12,23H,9-10,13H2,1-4H3,(H2,21,22,25);1H. The second kappa shape index (κ2) is 9.25. The summed E-state index contributed by atoms with van der Waals surface area (Å²) in [6.07, 6.45) is 4.78. The number of halogens is 1. The van der Waals surface area contributed by atoms with Gasteiger partial charge in [-0.05, 0) is 18.1 Å². The summed E-state index contributed by atoms with van der Waals surface area (Å²) >= 11 is 0. The van der Waals surface area contributed by atoms with E-state index in [4.69, 9.17) is 4.42 Å². The van der Waals surface area contributed by atoms with Crippen molar-refractivity contribution in [3.8, 4) is 0 Å². The van der Waals surface area contributed by atoms with Gasteiger partial charge >= 0.3 is 0 Å².